The Hall–Kier alpha value is -0.890. The average Bonchev–Trinajstić information content (AvgIpc) is 2.28. The molecule has 1 nitrogen and oxygen atoms in total. The highest BCUT2D eigenvalue weighted by Gasteiger charge is 2.23. The van der Waals surface area contributed by atoms with Crippen LogP contribution < -0.4 is 5.73 Å². The van der Waals surface area contributed by atoms with Crippen LogP contribution in [-0.2, 0) is 11.8 Å². The van der Waals surface area contributed by atoms with Crippen LogP contribution in [0.4, 0.5) is 4.39 Å². The summed E-state index contributed by atoms with van der Waals surface area (Å²) in [5.41, 5.74) is 8.15. The molecular formula is C17H28FN. The van der Waals surface area contributed by atoms with E-state index < -0.39 is 6.17 Å². The van der Waals surface area contributed by atoms with Crippen molar-refractivity contribution in [2.24, 2.45) is 17.6 Å². The van der Waals surface area contributed by atoms with E-state index in [1.165, 1.54) is 5.56 Å². The van der Waals surface area contributed by atoms with Gasteiger partial charge in [0.05, 0.1) is 0 Å². The normalized spacial score (nSPS) is 15.6. The number of hydrogen-bond acceptors (Lipinski definition) is 1. The fourth-order valence-corrected chi connectivity index (χ4v) is 2.35. The van der Waals surface area contributed by atoms with Gasteiger partial charge in [-0.2, -0.15) is 0 Å². The molecule has 19 heavy (non-hydrogen) atoms. The third kappa shape index (κ3) is 4.61. The third-order valence-corrected chi connectivity index (χ3v) is 3.84. The summed E-state index contributed by atoms with van der Waals surface area (Å²) in [7, 11) is 0. The second kappa shape index (κ2) is 6.51. The fraction of sp³-hybridized carbons (Fsp3) is 0.647. The molecule has 2 unspecified atom stereocenters. The van der Waals surface area contributed by atoms with Gasteiger partial charge in [0.25, 0.3) is 0 Å². The molecule has 0 spiro atoms. The average molecular weight is 265 g/mol. The fourth-order valence-electron chi connectivity index (χ4n) is 2.35. The maximum Gasteiger partial charge on any atom is 0.108 e. The van der Waals surface area contributed by atoms with Gasteiger partial charge in [0, 0.05) is 12.3 Å². The molecule has 0 aliphatic heterocycles. The summed E-state index contributed by atoms with van der Waals surface area (Å²) in [6.07, 6.45) is -0.393. The number of benzene rings is 1. The second-order valence-electron chi connectivity index (χ2n) is 6.81. The van der Waals surface area contributed by atoms with Gasteiger partial charge in [-0.3, -0.25) is 0 Å². The van der Waals surface area contributed by atoms with Crippen molar-refractivity contribution in [3.8, 4) is 0 Å². The van der Waals surface area contributed by atoms with Gasteiger partial charge in [0.15, 0.2) is 0 Å². The summed E-state index contributed by atoms with van der Waals surface area (Å²) in [6, 6.07) is 8.30. The van der Waals surface area contributed by atoms with Crippen LogP contribution in [0.25, 0.3) is 0 Å². The molecule has 0 saturated heterocycles. The van der Waals surface area contributed by atoms with Gasteiger partial charge in [0.1, 0.15) is 6.17 Å². The van der Waals surface area contributed by atoms with E-state index in [9.17, 15) is 4.39 Å². The summed E-state index contributed by atoms with van der Waals surface area (Å²) in [6.45, 7) is 11.0. The van der Waals surface area contributed by atoms with Crippen molar-refractivity contribution >= 4 is 0 Å². The SMILES string of the molecule is CC(C)C(CN)C(F)Cc1ccc(C(C)(C)C)cc1. The summed E-state index contributed by atoms with van der Waals surface area (Å²) in [5, 5.41) is 0. The Morgan fingerprint density at radius 2 is 1.63 bits per heavy atom. The van der Waals surface area contributed by atoms with E-state index in [0.29, 0.717) is 13.0 Å². The van der Waals surface area contributed by atoms with Crippen LogP contribution >= 0.6 is 0 Å². The first kappa shape index (κ1) is 16.2. The second-order valence-corrected chi connectivity index (χ2v) is 6.81. The van der Waals surface area contributed by atoms with Crippen molar-refractivity contribution in [3.05, 3.63) is 35.4 Å². The van der Waals surface area contributed by atoms with E-state index in [0.717, 1.165) is 5.56 Å². The summed E-state index contributed by atoms with van der Waals surface area (Å²) >= 11 is 0. The molecule has 2 N–H and O–H groups in total. The molecule has 0 amide bonds. The molecule has 108 valence electrons. The van der Waals surface area contributed by atoms with E-state index in [1.807, 2.05) is 26.0 Å². The van der Waals surface area contributed by atoms with E-state index in [-0.39, 0.29) is 17.3 Å². The van der Waals surface area contributed by atoms with Crippen LogP contribution in [-0.4, -0.2) is 12.7 Å². The minimum Gasteiger partial charge on any atom is -0.330 e. The molecule has 2 atom stereocenters. The first-order chi connectivity index (χ1) is 8.75. The Kier molecular flexibility index (Phi) is 5.54. The molecule has 1 aromatic rings. The summed E-state index contributed by atoms with van der Waals surface area (Å²) in [5.74, 6) is 0.233. The van der Waals surface area contributed by atoms with Gasteiger partial charge < -0.3 is 5.73 Å². The predicted octanol–water partition coefficient (Wildman–Crippen LogP) is 4.10. The van der Waals surface area contributed by atoms with Crippen molar-refractivity contribution in [1.29, 1.82) is 0 Å². The van der Waals surface area contributed by atoms with Crippen LogP contribution in [0.2, 0.25) is 0 Å². The largest absolute Gasteiger partial charge is 0.330 e. The Bertz CT molecular complexity index is 375. The molecule has 0 fully saturated rings. The highest BCUT2D eigenvalue weighted by molar-refractivity contribution is 5.27. The van der Waals surface area contributed by atoms with E-state index in [1.54, 1.807) is 0 Å². The van der Waals surface area contributed by atoms with Gasteiger partial charge >= 0.3 is 0 Å². The number of hydrogen-bond donors (Lipinski definition) is 1. The maximum absolute atomic E-state index is 14.3. The molecule has 1 rings (SSSR count). The van der Waals surface area contributed by atoms with Crippen LogP contribution in [0.15, 0.2) is 24.3 Å². The van der Waals surface area contributed by atoms with Crippen LogP contribution in [0, 0.1) is 11.8 Å². The minimum atomic E-state index is -0.856. The lowest BCUT2D eigenvalue weighted by Gasteiger charge is -2.23. The number of alkyl halides is 1. The summed E-state index contributed by atoms with van der Waals surface area (Å²) in [4.78, 5) is 0. The topological polar surface area (TPSA) is 26.0 Å². The lowest BCUT2D eigenvalue weighted by molar-refractivity contribution is 0.185. The highest BCUT2D eigenvalue weighted by Crippen LogP contribution is 2.24. The Morgan fingerprint density at radius 1 is 1.11 bits per heavy atom. The van der Waals surface area contributed by atoms with Gasteiger partial charge in [-0.15, -0.1) is 0 Å². The Labute approximate surface area is 117 Å². The maximum atomic E-state index is 14.3. The Morgan fingerprint density at radius 3 is 2.00 bits per heavy atom. The zero-order valence-electron chi connectivity index (χ0n) is 12.9. The van der Waals surface area contributed by atoms with Crippen molar-refractivity contribution in [2.45, 2.75) is 52.6 Å². The molecular weight excluding hydrogens is 237 g/mol. The van der Waals surface area contributed by atoms with Gasteiger partial charge in [0.2, 0.25) is 0 Å². The van der Waals surface area contributed by atoms with Crippen molar-refractivity contribution in [2.75, 3.05) is 6.54 Å². The lowest BCUT2D eigenvalue weighted by atomic mass is 9.85. The highest BCUT2D eigenvalue weighted by atomic mass is 19.1. The molecule has 0 radical (unpaired) electrons. The van der Waals surface area contributed by atoms with Crippen molar-refractivity contribution < 1.29 is 4.39 Å². The first-order valence-corrected chi connectivity index (χ1v) is 7.19. The smallest absolute Gasteiger partial charge is 0.108 e. The van der Waals surface area contributed by atoms with Crippen LogP contribution in [0.3, 0.4) is 0 Å². The van der Waals surface area contributed by atoms with Crippen LogP contribution in [0.5, 0.6) is 0 Å². The molecule has 2 heteroatoms. The number of halogens is 1. The quantitative estimate of drug-likeness (QED) is 0.852. The zero-order chi connectivity index (χ0) is 14.6. The summed E-state index contributed by atoms with van der Waals surface area (Å²) < 4.78 is 14.3. The lowest BCUT2D eigenvalue weighted by Crippen LogP contribution is -2.30. The van der Waals surface area contributed by atoms with E-state index in [2.05, 4.69) is 32.9 Å². The van der Waals surface area contributed by atoms with Gasteiger partial charge in [-0.1, -0.05) is 58.9 Å². The molecule has 1 aromatic carbocycles. The number of rotatable bonds is 5. The van der Waals surface area contributed by atoms with Crippen molar-refractivity contribution in [3.63, 3.8) is 0 Å². The van der Waals surface area contributed by atoms with E-state index >= 15 is 0 Å². The van der Waals surface area contributed by atoms with Crippen molar-refractivity contribution in [1.82, 2.24) is 0 Å². The molecule has 0 heterocycles. The number of nitrogens with two attached hydrogens (primary N) is 1. The molecule has 0 saturated carbocycles. The predicted molar refractivity (Wildman–Crippen MR) is 81.1 cm³/mol. The molecule has 0 aromatic heterocycles. The monoisotopic (exact) mass is 265 g/mol. The minimum absolute atomic E-state index is 0.0534. The standard InChI is InChI=1S/C17H28FN/c1-12(2)15(11-19)16(18)10-13-6-8-14(9-7-13)17(3,4)5/h6-9,12,15-16H,10-11,19H2,1-5H3. The van der Waals surface area contributed by atoms with E-state index in [4.69, 9.17) is 5.73 Å². The van der Waals surface area contributed by atoms with Crippen LogP contribution in [0.1, 0.15) is 45.7 Å². The van der Waals surface area contributed by atoms with Gasteiger partial charge in [-0.25, -0.2) is 4.39 Å². The van der Waals surface area contributed by atoms with Gasteiger partial charge in [-0.05, 0) is 29.0 Å². The zero-order valence-corrected chi connectivity index (χ0v) is 12.9. The Balaban J connectivity index is 2.73. The first-order valence-electron chi connectivity index (χ1n) is 7.19. The molecule has 0 aliphatic rings. The third-order valence-electron chi connectivity index (χ3n) is 3.84. The molecule has 0 aliphatic carbocycles. The molecule has 0 bridgehead atoms.